The predicted molar refractivity (Wildman–Crippen MR) is 150 cm³/mol. The highest BCUT2D eigenvalue weighted by molar-refractivity contribution is 5.92. The number of hydrogen-bond acceptors (Lipinski definition) is 9. The summed E-state index contributed by atoms with van der Waals surface area (Å²) in [5.74, 6) is -2.24. The molecule has 1 aliphatic heterocycles. The molecule has 3 N–H and O–H groups in total. The fraction of sp³-hybridized carbons (Fsp3) is 0.500. The van der Waals surface area contributed by atoms with Gasteiger partial charge in [-0.25, -0.2) is 15.0 Å². The summed E-state index contributed by atoms with van der Waals surface area (Å²) in [7, 11) is 1.50. The van der Waals surface area contributed by atoms with Crippen LogP contribution < -0.4 is 10.5 Å². The molecule has 2 aliphatic rings. The molecule has 1 amide bonds. The van der Waals surface area contributed by atoms with E-state index in [1.165, 1.54) is 24.3 Å². The molecule has 2 fully saturated rings. The summed E-state index contributed by atoms with van der Waals surface area (Å²) in [4.78, 5) is 35.0. The van der Waals surface area contributed by atoms with Gasteiger partial charge in [-0.05, 0) is 38.7 Å². The summed E-state index contributed by atoms with van der Waals surface area (Å²) in [6.07, 6.45) is 4.93. The number of hydrogen-bond donors (Lipinski definition) is 2. The molecule has 0 radical (unpaired) electrons. The van der Waals surface area contributed by atoms with E-state index >= 15 is 0 Å². The molecule has 4 aromatic rings. The van der Waals surface area contributed by atoms with E-state index in [0.717, 1.165) is 48.2 Å². The second-order valence-electron chi connectivity index (χ2n) is 11.2. The van der Waals surface area contributed by atoms with Crippen LogP contribution >= 0.6 is 0 Å². The number of alkyl halides is 3. The number of carbonyl (C=O) groups is 1. The lowest BCUT2D eigenvalue weighted by Crippen LogP contribution is -2.68. The molecule has 43 heavy (non-hydrogen) atoms. The fourth-order valence-electron chi connectivity index (χ4n) is 5.90. The maximum Gasteiger partial charge on any atom is 0.451 e. The first-order valence-electron chi connectivity index (χ1n) is 14.3. The molecule has 1 saturated heterocycles. The Morgan fingerprint density at radius 1 is 1.21 bits per heavy atom. The standard InChI is InChI=1S/C28H33F3N10O2/c1-3-39(2)25(42)21-10-22(38-26(37-21)28(29,30)31)43-19-6-4-18(5-7-19)40-14-27(13-32,15-40)41-12-17(11-36-41)23-20-8-9-33-24(20)35-16-34-23/h8-12,16,18-19H,3-7,13-15,32H2,1-2H3,(H,33,34,35)/t18-,19+. The van der Waals surface area contributed by atoms with Crippen LogP contribution in [0.4, 0.5) is 13.2 Å². The van der Waals surface area contributed by atoms with Crippen LogP contribution in [0.3, 0.4) is 0 Å². The quantitative estimate of drug-likeness (QED) is 0.313. The molecule has 0 unspecified atom stereocenters. The number of rotatable bonds is 8. The second kappa shape index (κ2) is 11.2. The maximum absolute atomic E-state index is 13.5. The molecule has 0 spiro atoms. The predicted octanol–water partition coefficient (Wildman–Crippen LogP) is 3.08. The second-order valence-corrected chi connectivity index (χ2v) is 11.2. The van der Waals surface area contributed by atoms with Crippen LogP contribution in [0.1, 0.15) is 48.9 Å². The molecule has 0 aromatic carbocycles. The SMILES string of the molecule is CCN(C)C(=O)c1cc(O[C@H]2CC[C@@H](N3CC(CN)(n4cc(-c5ncnc6[nH]ccc56)cn4)C3)CC2)nc(C(F)(F)F)n1. The van der Waals surface area contributed by atoms with Gasteiger partial charge in [-0.3, -0.25) is 14.4 Å². The summed E-state index contributed by atoms with van der Waals surface area (Å²) < 4.78 is 48.3. The largest absolute Gasteiger partial charge is 0.474 e. The number of aromatic amines is 1. The number of H-pyrrole nitrogens is 1. The molecule has 6 rings (SSSR count). The fourth-order valence-corrected chi connectivity index (χ4v) is 5.90. The lowest BCUT2D eigenvalue weighted by Gasteiger charge is -2.53. The third-order valence-electron chi connectivity index (χ3n) is 8.51. The average Bonchev–Trinajstić information content (AvgIpc) is 3.67. The number of nitrogens with zero attached hydrogens (tertiary/aromatic N) is 8. The van der Waals surface area contributed by atoms with Crippen molar-refractivity contribution in [3.05, 3.63) is 48.6 Å². The minimum atomic E-state index is -4.80. The maximum atomic E-state index is 13.5. The number of halogens is 3. The minimum Gasteiger partial charge on any atom is -0.474 e. The van der Waals surface area contributed by atoms with Crippen LogP contribution in [0.15, 0.2) is 37.1 Å². The van der Waals surface area contributed by atoms with Gasteiger partial charge in [0.05, 0.1) is 11.9 Å². The number of aromatic nitrogens is 7. The number of likely N-dealkylation sites (tertiary alicyclic amines) is 1. The van der Waals surface area contributed by atoms with Crippen molar-refractivity contribution < 1.29 is 22.7 Å². The lowest BCUT2D eigenvalue weighted by atomic mass is 9.83. The van der Waals surface area contributed by atoms with Gasteiger partial charge in [0.25, 0.3) is 5.91 Å². The van der Waals surface area contributed by atoms with Crippen LogP contribution in [0.5, 0.6) is 5.88 Å². The normalized spacial score (nSPS) is 20.6. The first kappa shape index (κ1) is 29.0. The monoisotopic (exact) mass is 598 g/mol. The van der Waals surface area contributed by atoms with Gasteiger partial charge < -0.3 is 20.4 Å². The van der Waals surface area contributed by atoms with Crippen molar-refractivity contribution in [2.75, 3.05) is 33.2 Å². The van der Waals surface area contributed by atoms with Crippen LogP contribution in [0.2, 0.25) is 0 Å². The molecule has 12 nitrogen and oxygen atoms in total. The van der Waals surface area contributed by atoms with Gasteiger partial charge in [-0.1, -0.05) is 0 Å². The first-order valence-corrected chi connectivity index (χ1v) is 14.3. The van der Waals surface area contributed by atoms with E-state index in [4.69, 9.17) is 10.5 Å². The number of amides is 1. The zero-order valence-corrected chi connectivity index (χ0v) is 23.9. The summed E-state index contributed by atoms with van der Waals surface area (Å²) >= 11 is 0. The van der Waals surface area contributed by atoms with Crippen LogP contribution in [-0.4, -0.2) is 95.8 Å². The highest BCUT2D eigenvalue weighted by Gasteiger charge is 2.47. The Labute approximate surface area is 245 Å². The first-order chi connectivity index (χ1) is 20.6. The topological polar surface area (TPSA) is 144 Å². The molecule has 228 valence electrons. The highest BCUT2D eigenvalue weighted by atomic mass is 19.4. The summed E-state index contributed by atoms with van der Waals surface area (Å²) in [5.41, 5.74) is 8.05. The summed E-state index contributed by atoms with van der Waals surface area (Å²) in [5, 5.41) is 5.57. The zero-order valence-electron chi connectivity index (χ0n) is 23.9. The van der Waals surface area contributed by atoms with Gasteiger partial charge in [-0.15, -0.1) is 0 Å². The van der Waals surface area contributed by atoms with Crippen LogP contribution in [0, 0.1) is 0 Å². The molecule has 15 heteroatoms. The number of nitrogens with one attached hydrogen (secondary N) is 1. The molecular formula is C28H33F3N10O2. The number of nitrogens with two attached hydrogens (primary N) is 1. The summed E-state index contributed by atoms with van der Waals surface area (Å²) in [6.45, 7) is 3.95. The Hall–Kier alpha value is -4.11. The molecule has 1 aliphatic carbocycles. The lowest BCUT2D eigenvalue weighted by molar-refractivity contribution is -0.145. The smallest absolute Gasteiger partial charge is 0.451 e. The Morgan fingerprint density at radius 2 is 1.98 bits per heavy atom. The van der Waals surface area contributed by atoms with Crippen LogP contribution in [0.25, 0.3) is 22.3 Å². The van der Waals surface area contributed by atoms with E-state index < -0.39 is 17.9 Å². The summed E-state index contributed by atoms with van der Waals surface area (Å²) in [6, 6.07) is 3.43. The van der Waals surface area contributed by atoms with E-state index in [-0.39, 0.29) is 23.2 Å². The Morgan fingerprint density at radius 3 is 2.67 bits per heavy atom. The highest BCUT2D eigenvalue weighted by Crippen LogP contribution is 2.37. The van der Waals surface area contributed by atoms with E-state index in [9.17, 15) is 18.0 Å². The molecule has 4 aromatic heterocycles. The van der Waals surface area contributed by atoms with Crippen LogP contribution in [-0.2, 0) is 11.7 Å². The van der Waals surface area contributed by atoms with Crippen molar-refractivity contribution >= 4 is 16.9 Å². The van der Waals surface area contributed by atoms with Crippen molar-refractivity contribution in [1.29, 1.82) is 0 Å². The van der Waals surface area contributed by atoms with Gasteiger partial charge in [-0.2, -0.15) is 23.3 Å². The van der Waals surface area contributed by atoms with Gasteiger partial charge >= 0.3 is 6.18 Å². The molecule has 0 bridgehead atoms. The molecule has 0 atom stereocenters. The third kappa shape index (κ3) is 5.54. The van der Waals surface area contributed by atoms with Crippen molar-refractivity contribution in [2.45, 2.75) is 56.5 Å². The van der Waals surface area contributed by atoms with Gasteiger partial charge in [0.2, 0.25) is 11.7 Å². The average molecular weight is 599 g/mol. The Kier molecular flexibility index (Phi) is 7.54. The molecular weight excluding hydrogens is 565 g/mol. The Bertz CT molecular complexity index is 1610. The third-order valence-corrected chi connectivity index (χ3v) is 8.51. The van der Waals surface area contributed by atoms with E-state index in [0.29, 0.717) is 32.0 Å². The molecule has 1 saturated carbocycles. The van der Waals surface area contributed by atoms with E-state index in [1.54, 1.807) is 13.1 Å². The Balaban J connectivity index is 1.08. The molecule has 5 heterocycles. The van der Waals surface area contributed by atoms with Crippen molar-refractivity contribution in [3.63, 3.8) is 0 Å². The van der Waals surface area contributed by atoms with Crippen molar-refractivity contribution in [1.82, 2.24) is 44.5 Å². The van der Waals surface area contributed by atoms with Gasteiger partial charge in [0.1, 0.15) is 29.3 Å². The van der Waals surface area contributed by atoms with Gasteiger partial charge in [0.15, 0.2) is 0 Å². The van der Waals surface area contributed by atoms with Gasteiger partial charge in [0, 0.05) is 68.7 Å². The minimum absolute atomic E-state index is 0.236. The zero-order chi connectivity index (χ0) is 30.4. The number of carbonyl (C=O) groups excluding carboxylic acids is 1. The number of ether oxygens (including phenoxy) is 1. The van der Waals surface area contributed by atoms with E-state index in [1.807, 2.05) is 23.1 Å². The van der Waals surface area contributed by atoms with Crippen molar-refractivity contribution in [3.8, 4) is 17.1 Å². The number of fused-ring (bicyclic) bond motifs is 1. The van der Waals surface area contributed by atoms with Crippen molar-refractivity contribution in [2.24, 2.45) is 5.73 Å². The van der Waals surface area contributed by atoms with E-state index in [2.05, 4.69) is 34.9 Å².